The van der Waals surface area contributed by atoms with Crippen LogP contribution in [0, 0.1) is 0 Å². The molecule has 0 radical (unpaired) electrons. The van der Waals surface area contributed by atoms with Crippen LogP contribution < -0.4 is 4.90 Å². The van der Waals surface area contributed by atoms with Gasteiger partial charge in [-0.3, -0.25) is 0 Å². The highest BCUT2D eigenvalue weighted by Crippen LogP contribution is 2.58. The van der Waals surface area contributed by atoms with Crippen LogP contribution in [-0.2, 0) is 48.7 Å². The molecular weight excluding hydrogens is 1050 g/mol. The minimum absolute atomic E-state index is 0.0362. The number of hydrogen-bond acceptors (Lipinski definition) is 1. The highest BCUT2D eigenvalue weighted by Gasteiger charge is 2.42. The van der Waals surface area contributed by atoms with Gasteiger partial charge in [-0.25, -0.2) is 0 Å². The van der Waals surface area contributed by atoms with Gasteiger partial charge in [-0.1, -0.05) is 268 Å². The second-order valence-corrected chi connectivity index (χ2v) is 34.0. The third-order valence-electron chi connectivity index (χ3n) is 21.4. The molecule has 0 spiro atoms. The maximum atomic E-state index is 2.63. The molecule has 0 amide bonds. The minimum Gasteiger partial charge on any atom is -0.310 e. The van der Waals surface area contributed by atoms with E-state index in [4.69, 9.17) is 0 Å². The van der Waals surface area contributed by atoms with E-state index in [9.17, 15) is 0 Å². The zero-order valence-corrected chi connectivity index (χ0v) is 57.0. The lowest BCUT2D eigenvalue weighted by Crippen LogP contribution is -2.20. The molecule has 4 aliphatic carbocycles. The molecule has 1 nitrogen and oxygen atoms in total. The van der Waals surface area contributed by atoms with Gasteiger partial charge < -0.3 is 4.90 Å². The van der Waals surface area contributed by atoms with Gasteiger partial charge in [-0.2, -0.15) is 0 Å². The van der Waals surface area contributed by atoms with Gasteiger partial charge in [0.1, 0.15) is 0 Å². The number of hydrogen-bond donors (Lipinski definition) is 0. The van der Waals surface area contributed by atoms with E-state index in [0.29, 0.717) is 0 Å². The van der Waals surface area contributed by atoms with Crippen molar-refractivity contribution in [3.8, 4) is 66.8 Å². The Morgan fingerprint density at radius 2 is 0.448 bits per heavy atom. The van der Waals surface area contributed by atoms with Gasteiger partial charge in [0.2, 0.25) is 0 Å². The molecule has 87 heavy (non-hydrogen) atoms. The standard InChI is InChI=1S/C86H95N/c1-78(2,3)52-26-34-61-59-32-24-50(40-69(59)83(16,17)71(61)42-52)67-46-58(47-68(77(67)82(13,14)15)51-25-33-60-62-35-27-53(79(4,5)6)43-72(62)84(18,19)70(60)41-51)87(56-30-38-65-63-36-28-54(80(7,8)9)44-73(63)85(20,21)75(65)48-56)57-31-39-66-64-37-29-55(81(10,11)12)45-74(64)86(22,23)76(66)49-57/h24-49H,1-23H3. The fourth-order valence-electron chi connectivity index (χ4n) is 15.9. The SMILES string of the molecule is CC(C)(C)c1ccc2c(c1)C(C)(C)c1cc(-c3cc(N(c4ccc5c(c4)C(C)(C)c4cc(C(C)(C)C)ccc4-5)c4ccc5c(c4)C(C)(C)c4cc(C(C)(C)C)ccc4-5)cc(-c4ccc5c(c4)C(C)(C)c4cc(C(C)(C)C)ccc4-5)c3C(C)(C)C)ccc1-2. The van der Waals surface area contributed by atoms with Gasteiger partial charge in [0.15, 0.2) is 0 Å². The molecular formula is C86H95N. The molecule has 13 rings (SSSR count). The Morgan fingerprint density at radius 1 is 0.218 bits per heavy atom. The molecule has 9 aromatic carbocycles. The number of anilines is 3. The molecule has 1 heteroatoms. The van der Waals surface area contributed by atoms with Crippen LogP contribution in [-0.4, -0.2) is 0 Å². The quantitative estimate of drug-likeness (QED) is 0.166. The van der Waals surface area contributed by atoms with Crippen molar-refractivity contribution in [2.24, 2.45) is 0 Å². The predicted octanol–water partition coefficient (Wildman–Crippen LogP) is 24.2. The molecule has 0 atom stereocenters. The van der Waals surface area contributed by atoms with E-state index >= 15 is 0 Å². The molecule has 444 valence electrons. The maximum Gasteiger partial charge on any atom is 0.0474 e. The first-order chi connectivity index (χ1) is 40.3. The van der Waals surface area contributed by atoms with Crippen molar-refractivity contribution in [2.75, 3.05) is 4.90 Å². The number of benzene rings is 9. The smallest absolute Gasteiger partial charge is 0.0474 e. The number of rotatable bonds is 5. The van der Waals surface area contributed by atoms with E-state index < -0.39 is 0 Å². The molecule has 4 aliphatic rings. The Hall–Kier alpha value is -7.22. The first kappa shape index (κ1) is 58.8. The first-order valence-corrected chi connectivity index (χ1v) is 32.5. The minimum atomic E-state index is -0.253. The first-order valence-electron chi connectivity index (χ1n) is 32.5. The van der Waals surface area contributed by atoms with Crippen molar-refractivity contribution in [2.45, 2.75) is 208 Å². The molecule has 9 aromatic rings. The fourth-order valence-corrected chi connectivity index (χ4v) is 15.9. The van der Waals surface area contributed by atoms with E-state index in [-0.39, 0.29) is 48.7 Å². The lowest BCUT2D eigenvalue weighted by molar-refractivity contribution is 0.584. The van der Waals surface area contributed by atoms with Crippen LogP contribution >= 0.6 is 0 Å². The van der Waals surface area contributed by atoms with E-state index in [1.807, 2.05) is 0 Å². The van der Waals surface area contributed by atoms with Gasteiger partial charge in [-0.05, 0) is 215 Å². The van der Waals surface area contributed by atoms with Crippen molar-refractivity contribution in [3.63, 3.8) is 0 Å². The van der Waals surface area contributed by atoms with E-state index in [1.54, 1.807) is 0 Å². The Labute approximate surface area is 523 Å². The molecule has 0 aliphatic heterocycles. The maximum absolute atomic E-state index is 2.63. The van der Waals surface area contributed by atoms with Gasteiger partial charge >= 0.3 is 0 Å². The van der Waals surface area contributed by atoms with Crippen molar-refractivity contribution in [3.05, 3.63) is 230 Å². The molecule has 0 fully saturated rings. The molecule has 0 saturated carbocycles. The van der Waals surface area contributed by atoms with Crippen LogP contribution in [0.3, 0.4) is 0 Å². The summed E-state index contributed by atoms with van der Waals surface area (Å²) >= 11 is 0. The Balaban J connectivity index is 1.09. The van der Waals surface area contributed by atoms with Crippen LogP contribution in [0.2, 0.25) is 0 Å². The fraction of sp³-hybridized carbons (Fsp3) is 0.372. The summed E-state index contributed by atoms with van der Waals surface area (Å²) in [6, 6.07) is 64.0. The average Bonchev–Trinajstić information content (AvgIpc) is 1.67. The lowest BCUT2D eigenvalue weighted by Gasteiger charge is -2.33. The summed E-state index contributed by atoms with van der Waals surface area (Å²) < 4.78 is 0. The predicted molar refractivity (Wildman–Crippen MR) is 376 cm³/mol. The van der Waals surface area contributed by atoms with Gasteiger partial charge in [-0.15, -0.1) is 0 Å². The molecule has 0 heterocycles. The highest BCUT2D eigenvalue weighted by atomic mass is 15.1. The van der Waals surface area contributed by atoms with Crippen LogP contribution in [0.15, 0.2) is 158 Å². The molecule has 0 N–H and O–H groups in total. The zero-order valence-electron chi connectivity index (χ0n) is 57.0. The van der Waals surface area contributed by atoms with Gasteiger partial charge in [0.05, 0.1) is 0 Å². The summed E-state index contributed by atoms with van der Waals surface area (Å²) in [6.07, 6.45) is 0. The third kappa shape index (κ3) is 9.03. The zero-order chi connectivity index (χ0) is 62.6. The van der Waals surface area contributed by atoms with Crippen molar-refractivity contribution in [1.29, 1.82) is 0 Å². The largest absolute Gasteiger partial charge is 0.310 e. The Bertz CT molecular complexity index is 4120. The number of fused-ring (bicyclic) bond motifs is 12. The van der Waals surface area contributed by atoms with Crippen LogP contribution in [0.1, 0.15) is 232 Å². The summed E-state index contributed by atoms with van der Waals surface area (Å²) in [7, 11) is 0. The van der Waals surface area contributed by atoms with Crippen molar-refractivity contribution in [1.82, 2.24) is 0 Å². The molecule has 0 aromatic heterocycles. The molecule has 0 bridgehead atoms. The van der Waals surface area contributed by atoms with Crippen LogP contribution in [0.4, 0.5) is 17.1 Å². The summed E-state index contributed by atoms with van der Waals surface area (Å²) in [5, 5.41) is 0. The van der Waals surface area contributed by atoms with Crippen molar-refractivity contribution < 1.29 is 0 Å². The summed E-state index contributed by atoms with van der Waals surface area (Å²) in [6.45, 7) is 54.9. The second-order valence-electron chi connectivity index (χ2n) is 34.0. The second kappa shape index (κ2) is 18.7. The summed E-state index contributed by atoms with van der Waals surface area (Å²) in [4.78, 5) is 2.63. The summed E-state index contributed by atoms with van der Waals surface area (Å²) in [5.74, 6) is 0. The monoisotopic (exact) mass is 1140 g/mol. The normalized spacial score (nSPS) is 16.4. The van der Waals surface area contributed by atoms with Gasteiger partial charge in [0.25, 0.3) is 0 Å². The van der Waals surface area contributed by atoms with Crippen LogP contribution in [0.25, 0.3) is 66.8 Å². The van der Waals surface area contributed by atoms with Crippen LogP contribution in [0.5, 0.6) is 0 Å². The van der Waals surface area contributed by atoms with Crippen molar-refractivity contribution >= 4 is 17.1 Å². The van der Waals surface area contributed by atoms with Gasteiger partial charge in [0, 0.05) is 38.7 Å². The Kier molecular flexibility index (Phi) is 12.6. The molecule has 0 unspecified atom stereocenters. The lowest BCUT2D eigenvalue weighted by atomic mass is 9.74. The highest BCUT2D eigenvalue weighted by molar-refractivity contribution is 5.95. The van der Waals surface area contributed by atoms with E-state index in [2.05, 4.69) is 322 Å². The topological polar surface area (TPSA) is 3.24 Å². The average molecular weight is 1140 g/mol. The van der Waals surface area contributed by atoms with E-state index in [0.717, 1.165) is 17.1 Å². The third-order valence-corrected chi connectivity index (χ3v) is 21.4. The molecule has 0 saturated heterocycles. The Morgan fingerprint density at radius 3 is 0.701 bits per heavy atom. The number of nitrogens with zero attached hydrogens (tertiary/aromatic N) is 1. The summed E-state index contributed by atoms with van der Waals surface area (Å²) in [5.41, 5.74) is 36.4. The van der Waals surface area contributed by atoms with E-state index in [1.165, 1.54) is 139 Å².